The minimum atomic E-state index is -0.708. The molecular weight excluding hydrogens is 306 g/mol. The first-order valence-corrected chi connectivity index (χ1v) is 8.53. The van der Waals surface area contributed by atoms with E-state index in [-0.39, 0.29) is 17.9 Å². The van der Waals surface area contributed by atoms with E-state index < -0.39 is 12.1 Å². The molecule has 1 aliphatic carbocycles. The van der Waals surface area contributed by atoms with Crippen molar-refractivity contribution in [3.8, 4) is 11.3 Å². The predicted octanol–water partition coefficient (Wildman–Crippen LogP) is 2.49. The number of imidazole rings is 1. The summed E-state index contributed by atoms with van der Waals surface area (Å²) in [5.74, 6) is -0.789. The summed E-state index contributed by atoms with van der Waals surface area (Å²) in [7, 11) is 0. The quantitative estimate of drug-likeness (QED) is 0.901. The normalized spacial score (nSPS) is 26.6. The van der Waals surface area contributed by atoms with E-state index in [0.717, 1.165) is 29.8 Å². The Morgan fingerprint density at radius 1 is 1.33 bits per heavy atom. The maximum atomic E-state index is 11.1. The Balaban J connectivity index is 1.49. The minimum absolute atomic E-state index is 0.00546. The lowest BCUT2D eigenvalue weighted by Crippen LogP contribution is -2.30. The molecule has 1 fully saturated rings. The number of pyridine rings is 1. The van der Waals surface area contributed by atoms with Crippen molar-refractivity contribution in [3.63, 3.8) is 0 Å². The monoisotopic (exact) mass is 327 g/mol. The number of hydrogen-bond acceptors (Lipinski definition) is 4. The fourth-order valence-corrected chi connectivity index (χ4v) is 4.19. The number of hydrogen-bond donors (Lipinski definition) is 2. The molecule has 3 heterocycles. The van der Waals surface area contributed by atoms with Gasteiger partial charge >= 0.3 is 5.97 Å². The fourth-order valence-electron chi connectivity index (χ4n) is 4.19. The van der Waals surface area contributed by atoms with Crippen molar-refractivity contribution < 1.29 is 15.0 Å². The van der Waals surface area contributed by atoms with Crippen LogP contribution in [-0.4, -0.2) is 36.8 Å². The van der Waals surface area contributed by atoms with E-state index >= 15 is 0 Å². The molecule has 0 saturated heterocycles. The van der Waals surface area contributed by atoms with Gasteiger partial charge < -0.3 is 14.8 Å². The van der Waals surface area contributed by atoms with Crippen LogP contribution < -0.4 is 0 Å². The smallest absolute Gasteiger partial charge is 0.306 e. The van der Waals surface area contributed by atoms with Crippen molar-refractivity contribution in [2.45, 2.75) is 44.2 Å². The Hall–Kier alpha value is -2.21. The average molecular weight is 327 g/mol. The van der Waals surface area contributed by atoms with Crippen molar-refractivity contribution in [3.05, 3.63) is 36.5 Å². The molecule has 0 amide bonds. The number of fused-ring (bicyclic) bond motifs is 3. The molecule has 2 atom stereocenters. The van der Waals surface area contributed by atoms with Crippen LogP contribution in [-0.2, 0) is 4.79 Å². The maximum absolute atomic E-state index is 11.1. The van der Waals surface area contributed by atoms with Crippen molar-refractivity contribution in [1.29, 1.82) is 0 Å². The molecule has 2 aliphatic rings. The highest BCUT2D eigenvalue weighted by Crippen LogP contribution is 2.42. The van der Waals surface area contributed by atoms with Crippen LogP contribution in [0.25, 0.3) is 11.3 Å². The van der Waals surface area contributed by atoms with Gasteiger partial charge in [0.1, 0.15) is 0 Å². The van der Waals surface area contributed by atoms with Crippen LogP contribution in [0.4, 0.5) is 0 Å². The highest BCUT2D eigenvalue weighted by molar-refractivity contribution is 5.70. The van der Waals surface area contributed by atoms with Crippen molar-refractivity contribution in [2.24, 2.45) is 11.8 Å². The lowest BCUT2D eigenvalue weighted by Gasteiger charge is -2.31. The van der Waals surface area contributed by atoms with Gasteiger partial charge in [0.05, 0.1) is 42.0 Å². The Kier molecular flexibility index (Phi) is 3.84. The second-order valence-electron chi connectivity index (χ2n) is 6.89. The molecule has 2 N–H and O–H groups in total. The molecule has 4 rings (SSSR count). The van der Waals surface area contributed by atoms with Crippen molar-refractivity contribution in [2.75, 3.05) is 0 Å². The molecule has 6 heteroatoms. The number of aliphatic hydroxyl groups is 1. The van der Waals surface area contributed by atoms with Gasteiger partial charge in [0.25, 0.3) is 0 Å². The molecule has 126 valence electrons. The molecule has 2 unspecified atom stereocenters. The molecule has 1 saturated carbocycles. The summed E-state index contributed by atoms with van der Waals surface area (Å²) in [6, 6.07) is 3.97. The molecule has 2 aromatic heterocycles. The molecule has 0 aromatic carbocycles. The summed E-state index contributed by atoms with van der Waals surface area (Å²) in [4.78, 5) is 19.8. The van der Waals surface area contributed by atoms with E-state index in [2.05, 4.69) is 14.5 Å². The lowest BCUT2D eigenvalue weighted by atomic mass is 9.78. The van der Waals surface area contributed by atoms with Gasteiger partial charge in [0.2, 0.25) is 0 Å². The first kappa shape index (κ1) is 15.3. The van der Waals surface area contributed by atoms with Gasteiger partial charge in [-0.1, -0.05) is 0 Å². The third kappa shape index (κ3) is 2.51. The summed E-state index contributed by atoms with van der Waals surface area (Å²) < 4.78 is 2.09. The minimum Gasteiger partial charge on any atom is -0.481 e. The topological polar surface area (TPSA) is 88.2 Å². The number of rotatable bonds is 4. The SMILES string of the molecule is O=C(O)C1CCC(C(O)CC2c3ncccc3-c3cncn32)CC1. The van der Waals surface area contributed by atoms with Crippen molar-refractivity contribution in [1.82, 2.24) is 14.5 Å². The maximum Gasteiger partial charge on any atom is 0.306 e. The molecule has 1 aliphatic heterocycles. The Morgan fingerprint density at radius 3 is 2.88 bits per heavy atom. The highest BCUT2D eigenvalue weighted by atomic mass is 16.4. The Labute approximate surface area is 140 Å². The van der Waals surface area contributed by atoms with Crippen LogP contribution in [0.2, 0.25) is 0 Å². The number of carbonyl (C=O) groups is 1. The Morgan fingerprint density at radius 2 is 2.12 bits per heavy atom. The first-order chi connectivity index (χ1) is 11.6. The number of aliphatic hydroxyl groups excluding tert-OH is 1. The second-order valence-corrected chi connectivity index (χ2v) is 6.89. The average Bonchev–Trinajstić information content (AvgIpc) is 3.18. The van der Waals surface area contributed by atoms with Gasteiger partial charge in [-0.15, -0.1) is 0 Å². The molecule has 0 bridgehead atoms. The summed E-state index contributed by atoms with van der Waals surface area (Å²) in [6.45, 7) is 0. The van der Waals surface area contributed by atoms with E-state index in [1.807, 2.05) is 18.3 Å². The molecular formula is C18H21N3O3. The van der Waals surface area contributed by atoms with Crippen molar-refractivity contribution >= 4 is 5.97 Å². The largest absolute Gasteiger partial charge is 0.481 e. The van der Waals surface area contributed by atoms with Crippen LogP contribution in [0, 0.1) is 11.8 Å². The zero-order valence-corrected chi connectivity index (χ0v) is 13.4. The highest BCUT2D eigenvalue weighted by Gasteiger charge is 2.35. The third-order valence-electron chi connectivity index (χ3n) is 5.56. The summed E-state index contributed by atoms with van der Waals surface area (Å²) in [5, 5.41) is 19.8. The summed E-state index contributed by atoms with van der Waals surface area (Å²) in [6.07, 6.45) is 8.44. The molecule has 6 nitrogen and oxygen atoms in total. The lowest BCUT2D eigenvalue weighted by molar-refractivity contribution is -0.143. The second kappa shape index (κ2) is 6.02. The van der Waals surface area contributed by atoms with E-state index in [1.165, 1.54) is 0 Å². The van der Waals surface area contributed by atoms with Crippen LogP contribution in [0.5, 0.6) is 0 Å². The summed E-state index contributed by atoms with van der Waals surface area (Å²) >= 11 is 0. The number of aromatic nitrogens is 3. The predicted molar refractivity (Wildman–Crippen MR) is 87.3 cm³/mol. The number of aliphatic carboxylic acids is 1. The first-order valence-electron chi connectivity index (χ1n) is 8.53. The van der Waals surface area contributed by atoms with E-state index in [0.29, 0.717) is 19.3 Å². The van der Waals surface area contributed by atoms with E-state index in [9.17, 15) is 9.90 Å². The summed E-state index contributed by atoms with van der Waals surface area (Å²) in [5.41, 5.74) is 3.12. The van der Waals surface area contributed by atoms with Gasteiger partial charge in [0, 0.05) is 18.2 Å². The van der Waals surface area contributed by atoms with Crippen LogP contribution >= 0.6 is 0 Å². The van der Waals surface area contributed by atoms with Crippen LogP contribution in [0.3, 0.4) is 0 Å². The number of nitrogens with zero attached hydrogens (tertiary/aromatic N) is 3. The fraction of sp³-hybridized carbons (Fsp3) is 0.500. The standard InChI is InChI=1S/C18H21N3O3/c22-16(11-3-5-12(6-4-11)18(23)24)8-14-17-13(2-1-7-20-17)15-9-19-10-21(14)15/h1-2,7,9-12,14,16,22H,3-6,8H2,(H,23,24). The number of carboxylic acid groups (broad SMARTS) is 1. The van der Waals surface area contributed by atoms with Gasteiger partial charge in [0.15, 0.2) is 0 Å². The zero-order valence-electron chi connectivity index (χ0n) is 13.4. The molecule has 0 spiro atoms. The third-order valence-corrected chi connectivity index (χ3v) is 5.56. The van der Waals surface area contributed by atoms with Crippen LogP contribution in [0.1, 0.15) is 43.8 Å². The van der Waals surface area contributed by atoms with E-state index in [4.69, 9.17) is 5.11 Å². The zero-order chi connectivity index (χ0) is 16.7. The molecule has 0 radical (unpaired) electrons. The van der Waals surface area contributed by atoms with Gasteiger partial charge in [-0.2, -0.15) is 0 Å². The number of carboxylic acids is 1. The Bertz CT molecular complexity index is 749. The molecule has 2 aromatic rings. The van der Waals surface area contributed by atoms with Gasteiger partial charge in [-0.05, 0) is 43.7 Å². The molecule has 24 heavy (non-hydrogen) atoms. The van der Waals surface area contributed by atoms with Gasteiger partial charge in [-0.25, -0.2) is 4.98 Å². The van der Waals surface area contributed by atoms with Gasteiger partial charge in [-0.3, -0.25) is 9.78 Å². The van der Waals surface area contributed by atoms with E-state index in [1.54, 1.807) is 12.5 Å². The van der Waals surface area contributed by atoms with Crippen LogP contribution in [0.15, 0.2) is 30.9 Å².